The van der Waals surface area contributed by atoms with E-state index in [9.17, 15) is 17.6 Å². The number of carbonyl (C=O) groups is 1. The van der Waals surface area contributed by atoms with Gasteiger partial charge in [0, 0.05) is 26.2 Å². The number of rotatable bonds is 8. The molecule has 0 fully saturated rings. The van der Waals surface area contributed by atoms with E-state index in [0.29, 0.717) is 6.61 Å². The van der Waals surface area contributed by atoms with Gasteiger partial charge in [-0.3, -0.25) is 15.6 Å². The van der Waals surface area contributed by atoms with Gasteiger partial charge in [0.05, 0.1) is 17.1 Å². The number of thiocarbonyl (C=S) groups is 1. The molecule has 1 aromatic carbocycles. The second-order valence-corrected chi connectivity index (χ2v) is 7.99. The van der Waals surface area contributed by atoms with Crippen LogP contribution in [0, 0.1) is 5.82 Å². The number of nitrogens with zero attached hydrogens (tertiary/aromatic N) is 1. The first-order valence-electron chi connectivity index (χ1n) is 8.32. The smallest absolute Gasteiger partial charge is 0.272 e. The molecule has 1 atom stereocenters. The van der Waals surface area contributed by atoms with Crippen molar-refractivity contribution in [2.45, 2.75) is 31.7 Å². The van der Waals surface area contributed by atoms with Crippen LogP contribution < -0.4 is 16.2 Å². The van der Waals surface area contributed by atoms with Crippen LogP contribution in [0.4, 0.5) is 4.39 Å². The van der Waals surface area contributed by atoms with Crippen molar-refractivity contribution < 1.29 is 22.3 Å². The van der Waals surface area contributed by atoms with Crippen LogP contribution in [0.25, 0.3) is 0 Å². The maximum absolute atomic E-state index is 14.0. The Labute approximate surface area is 164 Å². The van der Waals surface area contributed by atoms with Gasteiger partial charge in [-0.2, -0.15) is 4.31 Å². The predicted octanol–water partition coefficient (Wildman–Crippen LogP) is 1.00. The van der Waals surface area contributed by atoms with E-state index < -0.39 is 27.3 Å². The minimum atomic E-state index is -3.81. The van der Waals surface area contributed by atoms with Crippen molar-refractivity contribution >= 4 is 33.3 Å². The van der Waals surface area contributed by atoms with Crippen LogP contribution in [0.3, 0.4) is 0 Å². The van der Waals surface area contributed by atoms with E-state index in [0.717, 1.165) is 18.2 Å². The quantitative estimate of drug-likeness (QED) is 0.426. The molecule has 0 unspecified atom stereocenters. The van der Waals surface area contributed by atoms with E-state index in [2.05, 4.69) is 16.2 Å². The Balaban J connectivity index is 2.91. The summed E-state index contributed by atoms with van der Waals surface area (Å²) in [5, 5.41) is 2.96. The molecule has 8 nitrogen and oxygen atoms in total. The number of benzene rings is 1. The molecule has 0 saturated heterocycles. The minimum Gasteiger partial charge on any atom is -0.383 e. The summed E-state index contributed by atoms with van der Waals surface area (Å²) in [7, 11) is -2.27. The van der Waals surface area contributed by atoms with Crippen LogP contribution in [0.5, 0.6) is 0 Å². The molecule has 1 rings (SSSR count). The molecule has 1 aromatic rings. The molecule has 152 valence electrons. The van der Waals surface area contributed by atoms with Crippen molar-refractivity contribution in [2.24, 2.45) is 0 Å². The van der Waals surface area contributed by atoms with Gasteiger partial charge >= 0.3 is 0 Å². The summed E-state index contributed by atoms with van der Waals surface area (Å²) in [4.78, 5) is 12.1. The van der Waals surface area contributed by atoms with Crippen molar-refractivity contribution in [1.82, 2.24) is 20.5 Å². The van der Waals surface area contributed by atoms with Gasteiger partial charge in [-0.25, -0.2) is 12.8 Å². The number of ether oxygens (including phenoxy) is 1. The summed E-state index contributed by atoms with van der Waals surface area (Å²) in [6.45, 7) is 6.13. The second-order valence-electron chi connectivity index (χ2n) is 5.64. The lowest BCUT2D eigenvalue weighted by atomic mass is 10.2. The van der Waals surface area contributed by atoms with E-state index >= 15 is 0 Å². The largest absolute Gasteiger partial charge is 0.383 e. The highest BCUT2D eigenvalue weighted by Crippen LogP contribution is 2.19. The van der Waals surface area contributed by atoms with E-state index in [-0.39, 0.29) is 29.1 Å². The van der Waals surface area contributed by atoms with Crippen LogP contribution in [0.1, 0.15) is 31.1 Å². The Morgan fingerprint density at radius 3 is 2.48 bits per heavy atom. The molecular weight excluding hydrogens is 395 g/mol. The Kier molecular flexibility index (Phi) is 9.03. The highest BCUT2D eigenvalue weighted by atomic mass is 32.2. The van der Waals surface area contributed by atoms with Crippen LogP contribution in [0.15, 0.2) is 23.1 Å². The molecule has 0 radical (unpaired) electrons. The van der Waals surface area contributed by atoms with Crippen molar-refractivity contribution in [3.63, 3.8) is 0 Å². The van der Waals surface area contributed by atoms with Crippen molar-refractivity contribution in [2.75, 3.05) is 26.8 Å². The first-order valence-corrected chi connectivity index (χ1v) is 10.2. The lowest BCUT2D eigenvalue weighted by molar-refractivity contribution is 0.0939. The zero-order valence-corrected chi connectivity index (χ0v) is 17.3. The Morgan fingerprint density at radius 1 is 1.30 bits per heavy atom. The number of carbonyl (C=O) groups excluding carboxylic acids is 1. The lowest BCUT2D eigenvalue weighted by Gasteiger charge is -2.19. The zero-order chi connectivity index (χ0) is 20.6. The molecule has 0 aliphatic rings. The third-order valence-corrected chi connectivity index (χ3v) is 5.88. The van der Waals surface area contributed by atoms with E-state index in [4.69, 9.17) is 17.0 Å². The van der Waals surface area contributed by atoms with Gasteiger partial charge in [0.2, 0.25) is 10.0 Å². The van der Waals surface area contributed by atoms with Gasteiger partial charge in [0.25, 0.3) is 5.91 Å². The highest BCUT2D eigenvalue weighted by Gasteiger charge is 2.24. The van der Waals surface area contributed by atoms with Crippen molar-refractivity contribution in [1.29, 1.82) is 0 Å². The van der Waals surface area contributed by atoms with Crippen molar-refractivity contribution in [3.05, 3.63) is 29.6 Å². The Morgan fingerprint density at radius 2 is 1.93 bits per heavy atom. The zero-order valence-electron chi connectivity index (χ0n) is 15.7. The van der Waals surface area contributed by atoms with Gasteiger partial charge in [-0.15, -0.1) is 0 Å². The summed E-state index contributed by atoms with van der Waals surface area (Å²) in [6.07, 6.45) is 0. The molecule has 0 heterocycles. The number of hydrazine groups is 1. The Bertz CT molecular complexity index is 770. The van der Waals surface area contributed by atoms with Gasteiger partial charge in [0.15, 0.2) is 5.11 Å². The third-order valence-electron chi connectivity index (χ3n) is 3.61. The highest BCUT2D eigenvalue weighted by molar-refractivity contribution is 7.89. The number of halogens is 1. The van der Waals surface area contributed by atoms with E-state index in [1.165, 1.54) is 4.31 Å². The number of amides is 1. The minimum absolute atomic E-state index is 0.105. The predicted molar refractivity (Wildman–Crippen MR) is 104 cm³/mol. The number of hydrogen-bond acceptors (Lipinski definition) is 5. The van der Waals surface area contributed by atoms with Crippen LogP contribution >= 0.6 is 12.2 Å². The SMILES string of the molecule is CCN(CC)S(=O)(=O)c1ccc(F)c(C(=O)NNC(=S)N[C@@H](C)COC)c1. The third kappa shape index (κ3) is 6.38. The van der Waals surface area contributed by atoms with Crippen LogP contribution in [-0.2, 0) is 14.8 Å². The summed E-state index contributed by atoms with van der Waals surface area (Å²) < 4.78 is 45.3. The van der Waals surface area contributed by atoms with Gasteiger partial charge in [-0.1, -0.05) is 13.8 Å². The summed E-state index contributed by atoms with van der Waals surface area (Å²) in [5.41, 5.74) is 4.27. The van der Waals surface area contributed by atoms with Crippen molar-refractivity contribution in [3.8, 4) is 0 Å². The topological polar surface area (TPSA) is 99.8 Å². The van der Waals surface area contributed by atoms with Gasteiger partial charge < -0.3 is 10.1 Å². The molecule has 11 heteroatoms. The average molecular weight is 421 g/mol. The van der Waals surface area contributed by atoms with Gasteiger partial charge in [0.1, 0.15) is 5.82 Å². The molecule has 0 aliphatic carbocycles. The molecule has 0 aromatic heterocycles. The molecule has 0 saturated carbocycles. The second kappa shape index (κ2) is 10.5. The van der Waals surface area contributed by atoms with Crippen LogP contribution in [0.2, 0.25) is 0 Å². The first-order chi connectivity index (χ1) is 12.7. The average Bonchev–Trinajstić information content (AvgIpc) is 2.60. The fourth-order valence-electron chi connectivity index (χ4n) is 2.28. The lowest BCUT2D eigenvalue weighted by Crippen LogP contribution is -2.50. The number of sulfonamides is 1. The Hall–Kier alpha value is -1.82. The summed E-state index contributed by atoms with van der Waals surface area (Å²) in [6, 6.07) is 2.98. The normalized spacial score (nSPS) is 12.5. The van der Waals surface area contributed by atoms with E-state index in [1.807, 2.05) is 6.92 Å². The molecule has 0 aliphatic heterocycles. The number of nitrogens with one attached hydrogen (secondary N) is 3. The van der Waals surface area contributed by atoms with Gasteiger partial charge in [-0.05, 0) is 37.3 Å². The molecule has 27 heavy (non-hydrogen) atoms. The van der Waals surface area contributed by atoms with E-state index in [1.54, 1.807) is 21.0 Å². The summed E-state index contributed by atoms with van der Waals surface area (Å²) >= 11 is 5.01. The molecule has 3 N–H and O–H groups in total. The molecular formula is C16H25FN4O4S2. The van der Waals surface area contributed by atoms with Crippen LogP contribution in [-0.4, -0.2) is 56.6 Å². The maximum atomic E-state index is 14.0. The first kappa shape index (κ1) is 23.2. The summed E-state index contributed by atoms with van der Waals surface area (Å²) in [5.74, 6) is -1.70. The fraction of sp³-hybridized carbons (Fsp3) is 0.500. The molecule has 1 amide bonds. The number of hydrogen-bond donors (Lipinski definition) is 3. The fourth-order valence-corrected chi connectivity index (χ4v) is 4.02. The number of methoxy groups -OCH3 is 1. The maximum Gasteiger partial charge on any atom is 0.272 e. The monoisotopic (exact) mass is 420 g/mol. The molecule has 0 spiro atoms. The standard InChI is InChI=1S/C16H25FN4O4S2/c1-5-21(6-2)27(23,24)12-7-8-14(17)13(9-12)15(22)19-20-16(26)18-11(3)10-25-4/h7-9,11H,5-6,10H2,1-4H3,(H,19,22)(H2,18,20,26)/t11-/m0/s1. The molecule has 0 bridgehead atoms.